The molecule has 26 heavy (non-hydrogen) atoms. The number of urea groups is 1. The smallest absolute Gasteiger partial charge is 0.324 e. The molecule has 2 saturated heterocycles. The summed E-state index contributed by atoms with van der Waals surface area (Å²) in [4.78, 5) is 37.2. The molecule has 3 heterocycles. The second-order valence-corrected chi connectivity index (χ2v) is 8.74. The second-order valence-electron chi connectivity index (χ2n) is 8.74. The van der Waals surface area contributed by atoms with E-state index in [9.17, 15) is 9.59 Å². The zero-order valence-electron chi connectivity index (χ0n) is 16.6. The van der Waals surface area contributed by atoms with Crippen molar-refractivity contribution in [2.45, 2.75) is 64.3 Å². The molecule has 0 aliphatic carbocycles. The Balaban J connectivity index is 1.84. The van der Waals surface area contributed by atoms with E-state index in [1.54, 1.807) is 0 Å². The highest BCUT2D eigenvalue weighted by Gasteiger charge is 2.51. The number of amides is 3. The lowest BCUT2D eigenvalue weighted by atomic mass is 9.87. The predicted octanol–water partition coefficient (Wildman–Crippen LogP) is 2.42. The zero-order valence-corrected chi connectivity index (χ0v) is 16.6. The summed E-state index contributed by atoms with van der Waals surface area (Å²) in [6.07, 6.45) is 1.18. The lowest BCUT2D eigenvalue weighted by Gasteiger charge is -2.38. The van der Waals surface area contributed by atoms with Crippen LogP contribution < -0.4 is 10.2 Å². The fourth-order valence-electron chi connectivity index (χ4n) is 3.47. The van der Waals surface area contributed by atoms with Gasteiger partial charge in [-0.2, -0.15) is 0 Å². The number of carbonyl (C=O) groups excluding carboxylic acids is 2. The molecule has 0 saturated carbocycles. The first-order chi connectivity index (χ1) is 12.0. The van der Waals surface area contributed by atoms with Crippen molar-refractivity contribution in [2.24, 2.45) is 0 Å². The summed E-state index contributed by atoms with van der Waals surface area (Å²) in [5.41, 5.74) is 0.218. The van der Waals surface area contributed by atoms with Gasteiger partial charge in [0.15, 0.2) is 0 Å². The number of nitrogens with one attached hydrogen (secondary N) is 1. The van der Waals surface area contributed by atoms with Crippen LogP contribution in [0.5, 0.6) is 0 Å². The number of nitrogens with zero attached hydrogens (tertiary/aromatic N) is 4. The molecule has 0 aromatic carbocycles. The quantitative estimate of drug-likeness (QED) is 0.821. The minimum absolute atomic E-state index is 0.0591. The molecule has 0 unspecified atom stereocenters. The Bertz CT molecular complexity index is 730. The van der Waals surface area contributed by atoms with E-state index in [0.29, 0.717) is 25.9 Å². The van der Waals surface area contributed by atoms with Crippen LogP contribution in [-0.4, -0.2) is 52.5 Å². The third-order valence-corrected chi connectivity index (χ3v) is 5.32. The minimum Gasteiger partial charge on any atom is -0.356 e. The Hall–Kier alpha value is -2.18. The van der Waals surface area contributed by atoms with E-state index in [1.807, 2.05) is 0 Å². The first-order valence-corrected chi connectivity index (χ1v) is 9.28. The molecule has 1 spiro atoms. The van der Waals surface area contributed by atoms with Gasteiger partial charge in [0.25, 0.3) is 5.91 Å². The van der Waals surface area contributed by atoms with Gasteiger partial charge < -0.3 is 10.2 Å². The molecule has 1 aromatic rings. The minimum atomic E-state index is -0.747. The monoisotopic (exact) mass is 359 g/mol. The maximum absolute atomic E-state index is 12.5. The molecule has 3 rings (SSSR count). The normalized spacial score (nSPS) is 20.3. The summed E-state index contributed by atoms with van der Waals surface area (Å²) in [6, 6.07) is 1.76. The molecule has 2 fully saturated rings. The Labute approximate surface area is 155 Å². The van der Waals surface area contributed by atoms with Crippen molar-refractivity contribution in [1.29, 1.82) is 0 Å². The van der Waals surface area contributed by atoms with Crippen LogP contribution in [0.15, 0.2) is 6.07 Å². The van der Waals surface area contributed by atoms with Crippen LogP contribution in [-0.2, 0) is 10.2 Å². The van der Waals surface area contributed by atoms with Gasteiger partial charge in [0.05, 0.1) is 5.69 Å². The van der Waals surface area contributed by atoms with Crippen molar-refractivity contribution in [3.8, 4) is 0 Å². The number of imide groups is 1. The van der Waals surface area contributed by atoms with Crippen LogP contribution in [0.1, 0.15) is 64.9 Å². The predicted molar refractivity (Wildman–Crippen MR) is 100 cm³/mol. The number of likely N-dealkylation sites (N-methyl/N-ethyl adjacent to an activating group) is 1. The van der Waals surface area contributed by atoms with Crippen molar-refractivity contribution in [3.63, 3.8) is 0 Å². The number of piperidine rings is 1. The number of anilines is 1. The van der Waals surface area contributed by atoms with Crippen molar-refractivity contribution < 1.29 is 9.59 Å². The number of rotatable bonds is 2. The largest absolute Gasteiger partial charge is 0.356 e. The van der Waals surface area contributed by atoms with Crippen LogP contribution in [0.4, 0.5) is 10.6 Å². The summed E-state index contributed by atoms with van der Waals surface area (Å²) < 4.78 is 0. The van der Waals surface area contributed by atoms with Crippen LogP contribution in [0.2, 0.25) is 0 Å². The van der Waals surface area contributed by atoms with Gasteiger partial charge in [0.1, 0.15) is 17.2 Å². The van der Waals surface area contributed by atoms with Gasteiger partial charge in [-0.05, 0) is 12.8 Å². The van der Waals surface area contributed by atoms with E-state index in [0.717, 1.165) is 17.3 Å². The molecule has 0 radical (unpaired) electrons. The molecule has 1 N–H and O–H groups in total. The van der Waals surface area contributed by atoms with Crippen molar-refractivity contribution >= 4 is 17.8 Å². The highest BCUT2D eigenvalue weighted by atomic mass is 16.2. The molecule has 7 heteroatoms. The van der Waals surface area contributed by atoms with Gasteiger partial charge in [-0.3, -0.25) is 9.69 Å². The maximum Gasteiger partial charge on any atom is 0.324 e. The Kier molecular flexibility index (Phi) is 4.45. The van der Waals surface area contributed by atoms with Crippen LogP contribution >= 0.6 is 0 Å². The first-order valence-electron chi connectivity index (χ1n) is 9.28. The Morgan fingerprint density at radius 2 is 1.77 bits per heavy atom. The number of hydrogen-bond donors (Lipinski definition) is 1. The summed E-state index contributed by atoms with van der Waals surface area (Å²) in [7, 11) is 1.54. The van der Waals surface area contributed by atoms with Crippen LogP contribution in [0, 0.1) is 0 Å². The Morgan fingerprint density at radius 3 is 2.23 bits per heavy atom. The average molecular weight is 359 g/mol. The van der Waals surface area contributed by atoms with Gasteiger partial charge in [0.2, 0.25) is 0 Å². The summed E-state index contributed by atoms with van der Waals surface area (Å²) >= 11 is 0. The van der Waals surface area contributed by atoms with E-state index >= 15 is 0 Å². The summed E-state index contributed by atoms with van der Waals surface area (Å²) in [5.74, 6) is 1.88. The van der Waals surface area contributed by atoms with Gasteiger partial charge in [-0.15, -0.1) is 0 Å². The van der Waals surface area contributed by atoms with Gasteiger partial charge in [-0.1, -0.05) is 34.6 Å². The van der Waals surface area contributed by atoms with E-state index < -0.39 is 5.54 Å². The van der Waals surface area contributed by atoms with Crippen LogP contribution in [0.3, 0.4) is 0 Å². The van der Waals surface area contributed by atoms with E-state index in [2.05, 4.69) is 50.9 Å². The van der Waals surface area contributed by atoms with E-state index in [1.165, 1.54) is 11.9 Å². The third kappa shape index (κ3) is 3.15. The number of carbonyl (C=O) groups is 2. The van der Waals surface area contributed by atoms with Crippen molar-refractivity contribution in [2.75, 3.05) is 25.0 Å². The molecular weight excluding hydrogens is 330 g/mol. The lowest BCUT2D eigenvalue weighted by molar-refractivity contribution is -0.131. The summed E-state index contributed by atoms with van der Waals surface area (Å²) in [6.45, 7) is 12.0. The molecule has 0 atom stereocenters. The third-order valence-electron chi connectivity index (χ3n) is 5.32. The van der Waals surface area contributed by atoms with Crippen LogP contribution in [0.25, 0.3) is 0 Å². The first kappa shape index (κ1) is 18.6. The fourth-order valence-corrected chi connectivity index (χ4v) is 3.47. The molecule has 7 nitrogen and oxygen atoms in total. The molecule has 0 bridgehead atoms. The Morgan fingerprint density at radius 1 is 1.15 bits per heavy atom. The molecular formula is C19H29N5O2. The lowest BCUT2D eigenvalue weighted by Crippen LogP contribution is -2.55. The molecule has 3 amide bonds. The van der Waals surface area contributed by atoms with Gasteiger partial charge in [0, 0.05) is 37.5 Å². The molecule has 1 aromatic heterocycles. The average Bonchev–Trinajstić information content (AvgIpc) is 2.78. The zero-order chi connectivity index (χ0) is 19.3. The number of aromatic nitrogens is 2. The molecule has 2 aliphatic rings. The van der Waals surface area contributed by atoms with Gasteiger partial charge in [-0.25, -0.2) is 14.8 Å². The maximum atomic E-state index is 12.5. The molecule has 142 valence electrons. The summed E-state index contributed by atoms with van der Waals surface area (Å²) in [5, 5.41) is 2.88. The fraction of sp³-hybridized carbons (Fsp3) is 0.684. The highest BCUT2D eigenvalue weighted by molar-refractivity contribution is 6.06. The standard InChI is InChI=1S/C19H29N5O2/c1-12(2)15-20-13(18(3,4)5)11-14(21-15)24-9-7-19(8-10-24)16(25)23(6)17(26)22-19/h11-12H,7-10H2,1-6H3,(H,22,26). The van der Waals surface area contributed by atoms with Crippen molar-refractivity contribution in [1.82, 2.24) is 20.2 Å². The highest BCUT2D eigenvalue weighted by Crippen LogP contribution is 2.32. The number of hydrogen-bond acceptors (Lipinski definition) is 5. The topological polar surface area (TPSA) is 78.4 Å². The van der Waals surface area contributed by atoms with Crippen molar-refractivity contribution in [3.05, 3.63) is 17.6 Å². The second kappa shape index (κ2) is 6.21. The van der Waals surface area contributed by atoms with E-state index in [4.69, 9.17) is 9.97 Å². The SMILES string of the molecule is CC(C)c1nc(N2CCC3(CC2)NC(=O)N(C)C3=O)cc(C(C)(C)C)n1. The molecule has 2 aliphatic heterocycles. The van der Waals surface area contributed by atoms with E-state index in [-0.39, 0.29) is 23.3 Å². The van der Waals surface area contributed by atoms with Gasteiger partial charge >= 0.3 is 6.03 Å².